The second-order valence-electron chi connectivity index (χ2n) is 3.73. The minimum absolute atomic E-state index is 0.0606. The lowest BCUT2D eigenvalue weighted by atomic mass is 10.3. The fourth-order valence-electron chi connectivity index (χ4n) is 1.54. The normalized spacial score (nSPS) is 15.1. The summed E-state index contributed by atoms with van der Waals surface area (Å²) in [4.78, 5) is 11.8. The second-order valence-corrected chi connectivity index (χ2v) is 4.74. The minimum atomic E-state index is -3.70. The Morgan fingerprint density at radius 3 is 2.75 bits per heavy atom. The van der Waals surface area contributed by atoms with E-state index in [0.717, 1.165) is 11.3 Å². The highest BCUT2D eigenvalue weighted by Crippen LogP contribution is 2.42. The Bertz CT molecular complexity index is 691. The van der Waals surface area contributed by atoms with Crippen LogP contribution in [0.4, 0.5) is 19.6 Å². The number of anilines is 2. The van der Waals surface area contributed by atoms with Gasteiger partial charge in [0.2, 0.25) is 10.1 Å². The molecule has 2 aromatic rings. The predicted octanol–water partition coefficient (Wildman–Crippen LogP) is 1.69. The van der Waals surface area contributed by atoms with E-state index in [4.69, 9.17) is 5.73 Å². The van der Waals surface area contributed by atoms with E-state index >= 15 is 0 Å². The summed E-state index contributed by atoms with van der Waals surface area (Å²) < 4.78 is 34.2. The van der Waals surface area contributed by atoms with Gasteiger partial charge >= 0.3 is 6.29 Å². The fraction of sp³-hybridized carbons (Fsp3) is 0.100. The number of nitrogens with zero attached hydrogens (tertiary/aromatic N) is 2. The van der Waals surface area contributed by atoms with E-state index in [1.807, 2.05) is 0 Å². The molecule has 0 unspecified atom stereocenters. The Morgan fingerprint density at radius 2 is 2.05 bits per heavy atom. The first kappa shape index (κ1) is 12.5. The first-order valence-corrected chi connectivity index (χ1v) is 6.05. The number of amides is 1. The third kappa shape index (κ3) is 2.32. The first-order chi connectivity index (χ1) is 9.43. The van der Waals surface area contributed by atoms with Gasteiger partial charge in [0.15, 0.2) is 11.5 Å². The molecule has 10 heteroatoms. The molecule has 0 saturated heterocycles. The maximum Gasteiger partial charge on any atom is 0.586 e. The highest BCUT2D eigenvalue weighted by molar-refractivity contribution is 7.16. The number of alkyl halides is 2. The summed E-state index contributed by atoms with van der Waals surface area (Å²) >= 11 is 0.908. The molecule has 0 saturated carbocycles. The number of carbonyl (C=O) groups excluding carboxylic acids is 1. The zero-order chi connectivity index (χ0) is 14.3. The number of rotatable bonds is 2. The molecule has 2 heterocycles. The third-order valence-corrected chi connectivity index (χ3v) is 3.05. The molecule has 1 amide bonds. The van der Waals surface area contributed by atoms with Gasteiger partial charge in [0, 0.05) is 11.8 Å². The Morgan fingerprint density at radius 1 is 1.30 bits per heavy atom. The van der Waals surface area contributed by atoms with Crippen LogP contribution in [0.25, 0.3) is 0 Å². The number of halogens is 2. The van der Waals surface area contributed by atoms with Crippen molar-refractivity contribution in [2.75, 3.05) is 11.1 Å². The van der Waals surface area contributed by atoms with Gasteiger partial charge in [0.1, 0.15) is 0 Å². The van der Waals surface area contributed by atoms with E-state index in [-0.39, 0.29) is 27.3 Å². The Labute approximate surface area is 114 Å². The molecule has 1 aromatic carbocycles. The molecule has 1 aliphatic rings. The molecule has 20 heavy (non-hydrogen) atoms. The van der Waals surface area contributed by atoms with Crippen LogP contribution in [0.15, 0.2) is 18.2 Å². The van der Waals surface area contributed by atoms with Gasteiger partial charge in [-0.15, -0.1) is 19.0 Å². The van der Waals surface area contributed by atoms with Gasteiger partial charge in [-0.25, -0.2) is 0 Å². The average molecular weight is 300 g/mol. The molecule has 3 N–H and O–H groups in total. The Kier molecular flexibility index (Phi) is 2.67. The number of nitrogens with one attached hydrogen (secondary N) is 1. The number of carbonyl (C=O) groups is 1. The Balaban J connectivity index is 1.78. The lowest BCUT2D eigenvalue weighted by Crippen LogP contribution is -2.25. The van der Waals surface area contributed by atoms with E-state index in [9.17, 15) is 13.6 Å². The number of hydrogen-bond donors (Lipinski definition) is 2. The zero-order valence-corrected chi connectivity index (χ0v) is 10.4. The lowest BCUT2D eigenvalue weighted by Gasteiger charge is -2.04. The van der Waals surface area contributed by atoms with Crippen molar-refractivity contribution in [3.05, 3.63) is 23.2 Å². The number of benzene rings is 1. The molecule has 3 rings (SSSR count). The van der Waals surface area contributed by atoms with Crippen molar-refractivity contribution in [1.82, 2.24) is 10.2 Å². The summed E-state index contributed by atoms with van der Waals surface area (Å²) in [6.07, 6.45) is -3.70. The van der Waals surface area contributed by atoms with Crippen molar-refractivity contribution in [3.8, 4) is 11.5 Å². The van der Waals surface area contributed by atoms with Gasteiger partial charge in [-0.3, -0.25) is 4.79 Å². The summed E-state index contributed by atoms with van der Waals surface area (Å²) in [5, 5.41) is 9.74. The van der Waals surface area contributed by atoms with Crippen LogP contribution in [0.5, 0.6) is 11.5 Å². The molecule has 0 atom stereocenters. The van der Waals surface area contributed by atoms with Gasteiger partial charge in [-0.2, -0.15) is 0 Å². The molecule has 0 bridgehead atoms. The largest absolute Gasteiger partial charge is 0.586 e. The van der Waals surface area contributed by atoms with Crippen LogP contribution in [0.1, 0.15) is 9.80 Å². The van der Waals surface area contributed by atoms with Crippen molar-refractivity contribution in [2.24, 2.45) is 0 Å². The molecule has 0 aliphatic carbocycles. The van der Waals surface area contributed by atoms with Gasteiger partial charge < -0.3 is 20.5 Å². The van der Waals surface area contributed by atoms with Crippen LogP contribution in [0, 0.1) is 0 Å². The maximum absolute atomic E-state index is 12.8. The summed E-state index contributed by atoms with van der Waals surface area (Å²) in [7, 11) is 0. The Hall–Kier alpha value is -2.49. The molecular formula is C10H6F2N4O3S. The molecule has 1 aliphatic heterocycles. The van der Waals surface area contributed by atoms with Gasteiger partial charge in [0.05, 0.1) is 0 Å². The van der Waals surface area contributed by atoms with Crippen molar-refractivity contribution in [1.29, 1.82) is 0 Å². The zero-order valence-electron chi connectivity index (χ0n) is 9.59. The van der Waals surface area contributed by atoms with Gasteiger partial charge in [-0.05, 0) is 12.1 Å². The third-order valence-electron chi connectivity index (χ3n) is 2.29. The van der Waals surface area contributed by atoms with Gasteiger partial charge in [-0.1, -0.05) is 11.3 Å². The van der Waals surface area contributed by atoms with E-state index in [1.54, 1.807) is 0 Å². The minimum Gasteiger partial charge on any atom is -0.395 e. The SMILES string of the molecule is Nc1nnc(C(=O)Nc2ccc3c(c2)OC(F)(F)O3)s1. The van der Waals surface area contributed by atoms with Crippen LogP contribution in [0.2, 0.25) is 0 Å². The molecule has 1 aromatic heterocycles. The smallest absolute Gasteiger partial charge is 0.395 e. The maximum atomic E-state index is 12.8. The van der Waals surface area contributed by atoms with Crippen LogP contribution in [0.3, 0.4) is 0 Å². The highest BCUT2D eigenvalue weighted by Gasteiger charge is 2.43. The molecule has 104 valence electrons. The standard InChI is InChI=1S/C10H6F2N4O3S/c11-10(12)18-5-2-1-4(3-6(5)19-10)14-7(17)8-15-16-9(13)20-8/h1-3H,(H2,13,16)(H,14,17). The molecule has 0 fully saturated rings. The second kappa shape index (κ2) is 4.27. The van der Waals surface area contributed by atoms with Crippen LogP contribution in [-0.4, -0.2) is 22.4 Å². The van der Waals surface area contributed by atoms with Crippen LogP contribution < -0.4 is 20.5 Å². The van der Waals surface area contributed by atoms with E-state index < -0.39 is 12.2 Å². The average Bonchev–Trinajstić information content (AvgIpc) is 2.90. The number of aromatic nitrogens is 2. The number of nitrogen functional groups attached to an aromatic ring is 1. The molecule has 7 nitrogen and oxygen atoms in total. The van der Waals surface area contributed by atoms with E-state index in [2.05, 4.69) is 25.0 Å². The number of nitrogens with two attached hydrogens (primary N) is 1. The summed E-state index contributed by atoms with van der Waals surface area (Å²) in [5.74, 6) is -0.817. The monoisotopic (exact) mass is 300 g/mol. The molecule has 0 radical (unpaired) electrons. The quantitative estimate of drug-likeness (QED) is 0.875. The highest BCUT2D eigenvalue weighted by atomic mass is 32.1. The van der Waals surface area contributed by atoms with E-state index in [0.29, 0.717) is 0 Å². The topological polar surface area (TPSA) is 99.4 Å². The van der Waals surface area contributed by atoms with E-state index in [1.165, 1.54) is 18.2 Å². The summed E-state index contributed by atoms with van der Waals surface area (Å²) in [6.45, 7) is 0. The fourth-order valence-corrected chi connectivity index (χ4v) is 2.04. The van der Waals surface area contributed by atoms with Crippen LogP contribution in [-0.2, 0) is 0 Å². The van der Waals surface area contributed by atoms with Crippen molar-refractivity contribution in [3.63, 3.8) is 0 Å². The first-order valence-electron chi connectivity index (χ1n) is 5.23. The molecular weight excluding hydrogens is 294 g/mol. The number of ether oxygens (including phenoxy) is 2. The predicted molar refractivity (Wildman–Crippen MR) is 64.9 cm³/mol. The summed E-state index contributed by atoms with van der Waals surface area (Å²) in [5.41, 5.74) is 5.61. The van der Waals surface area contributed by atoms with Crippen molar-refractivity contribution < 1.29 is 23.0 Å². The van der Waals surface area contributed by atoms with Crippen LogP contribution >= 0.6 is 11.3 Å². The van der Waals surface area contributed by atoms with Crippen molar-refractivity contribution >= 4 is 28.1 Å². The molecule has 0 spiro atoms. The summed E-state index contributed by atoms with van der Waals surface area (Å²) in [6, 6.07) is 3.88. The lowest BCUT2D eigenvalue weighted by molar-refractivity contribution is -0.286. The van der Waals surface area contributed by atoms with Gasteiger partial charge in [0.25, 0.3) is 5.91 Å². The number of hydrogen-bond acceptors (Lipinski definition) is 7. The van der Waals surface area contributed by atoms with Crippen molar-refractivity contribution in [2.45, 2.75) is 6.29 Å². The number of fused-ring (bicyclic) bond motifs is 1.